The van der Waals surface area contributed by atoms with E-state index in [0.717, 1.165) is 18.5 Å². The molecular weight excluding hydrogens is 212 g/mol. The number of carbonyl (C=O) groups excluding carboxylic acids is 1. The van der Waals surface area contributed by atoms with E-state index in [0.29, 0.717) is 0 Å². The van der Waals surface area contributed by atoms with E-state index < -0.39 is 6.04 Å². The molecule has 3 heteroatoms. The molecule has 1 aromatic rings. The van der Waals surface area contributed by atoms with Gasteiger partial charge in [-0.3, -0.25) is 4.79 Å². The van der Waals surface area contributed by atoms with Crippen molar-refractivity contribution in [3.05, 3.63) is 29.3 Å². The van der Waals surface area contributed by atoms with Crippen LogP contribution in [0.3, 0.4) is 0 Å². The van der Waals surface area contributed by atoms with Gasteiger partial charge < -0.3 is 11.1 Å². The van der Waals surface area contributed by atoms with Gasteiger partial charge in [0.15, 0.2) is 0 Å². The fourth-order valence-corrected chi connectivity index (χ4v) is 2.18. The molecule has 2 rings (SSSR count). The first-order chi connectivity index (χ1) is 8.08. The first-order valence-electron chi connectivity index (χ1n) is 6.26. The van der Waals surface area contributed by atoms with Crippen LogP contribution >= 0.6 is 0 Å². The molecule has 0 spiro atoms. The molecule has 92 valence electrons. The Kier molecular flexibility index (Phi) is 3.48. The van der Waals surface area contributed by atoms with Gasteiger partial charge in [0, 0.05) is 5.69 Å². The van der Waals surface area contributed by atoms with E-state index in [4.69, 9.17) is 5.73 Å². The SMILES string of the molecule is CC(C)[C@@H](N)C(=O)Nc1ccc2c(c1)CCC2. The van der Waals surface area contributed by atoms with E-state index in [9.17, 15) is 4.79 Å². The van der Waals surface area contributed by atoms with Crippen molar-refractivity contribution in [1.29, 1.82) is 0 Å². The Morgan fingerprint density at radius 1 is 1.29 bits per heavy atom. The highest BCUT2D eigenvalue weighted by atomic mass is 16.2. The van der Waals surface area contributed by atoms with E-state index in [1.807, 2.05) is 19.9 Å². The second-order valence-corrected chi connectivity index (χ2v) is 5.10. The second kappa shape index (κ2) is 4.88. The Balaban J connectivity index is 2.07. The van der Waals surface area contributed by atoms with Gasteiger partial charge in [0.1, 0.15) is 0 Å². The van der Waals surface area contributed by atoms with Crippen LogP contribution < -0.4 is 11.1 Å². The minimum atomic E-state index is -0.441. The van der Waals surface area contributed by atoms with Gasteiger partial charge in [0.25, 0.3) is 0 Å². The van der Waals surface area contributed by atoms with Crippen LogP contribution in [0.1, 0.15) is 31.4 Å². The maximum absolute atomic E-state index is 11.8. The summed E-state index contributed by atoms with van der Waals surface area (Å²) in [6, 6.07) is 5.71. The molecule has 3 nitrogen and oxygen atoms in total. The highest BCUT2D eigenvalue weighted by Gasteiger charge is 2.18. The highest BCUT2D eigenvalue weighted by Crippen LogP contribution is 2.24. The maximum atomic E-state index is 11.8. The zero-order valence-corrected chi connectivity index (χ0v) is 10.5. The third-order valence-corrected chi connectivity index (χ3v) is 3.39. The molecule has 0 aromatic heterocycles. The van der Waals surface area contributed by atoms with Gasteiger partial charge in [-0.15, -0.1) is 0 Å². The molecule has 1 aliphatic rings. The summed E-state index contributed by atoms with van der Waals surface area (Å²) in [5.41, 5.74) is 9.45. The molecule has 0 bridgehead atoms. The first-order valence-corrected chi connectivity index (χ1v) is 6.26. The van der Waals surface area contributed by atoms with Crippen LogP contribution in [0.15, 0.2) is 18.2 Å². The minimum absolute atomic E-state index is 0.0991. The molecular formula is C14H20N2O. The summed E-state index contributed by atoms with van der Waals surface area (Å²) in [4.78, 5) is 11.8. The lowest BCUT2D eigenvalue weighted by molar-refractivity contribution is -0.118. The molecule has 0 fully saturated rings. The lowest BCUT2D eigenvalue weighted by Gasteiger charge is -2.15. The van der Waals surface area contributed by atoms with Crippen LogP contribution in [0.2, 0.25) is 0 Å². The van der Waals surface area contributed by atoms with Gasteiger partial charge in [-0.1, -0.05) is 19.9 Å². The molecule has 1 aliphatic carbocycles. The van der Waals surface area contributed by atoms with Crippen molar-refractivity contribution in [3.8, 4) is 0 Å². The number of nitrogens with two attached hydrogens (primary N) is 1. The number of aryl methyl sites for hydroxylation is 2. The van der Waals surface area contributed by atoms with Gasteiger partial charge in [-0.2, -0.15) is 0 Å². The quantitative estimate of drug-likeness (QED) is 0.838. The molecule has 0 saturated carbocycles. The smallest absolute Gasteiger partial charge is 0.241 e. The predicted octanol–water partition coefficient (Wildman–Crippen LogP) is 2.10. The van der Waals surface area contributed by atoms with Crippen LogP contribution in [0, 0.1) is 5.92 Å². The monoisotopic (exact) mass is 232 g/mol. The summed E-state index contributed by atoms with van der Waals surface area (Å²) in [5, 5.41) is 2.89. The van der Waals surface area contributed by atoms with E-state index in [1.54, 1.807) is 0 Å². The fraction of sp³-hybridized carbons (Fsp3) is 0.500. The maximum Gasteiger partial charge on any atom is 0.241 e. The summed E-state index contributed by atoms with van der Waals surface area (Å²) < 4.78 is 0. The summed E-state index contributed by atoms with van der Waals surface area (Å²) in [6.07, 6.45) is 3.50. The Morgan fingerprint density at radius 3 is 2.71 bits per heavy atom. The van der Waals surface area contributed by atoms with Gasteiger partial charge in [-0.05, 0) is 48.4 Å². The zero-order valence-electron chi connectivity index (χ0n) is 10.5. The zero-order chi connectivity index (χ0) is 12.4. The van der Waals surface area contributed by atoms with Crippen LogP contribution in [0.5, 0.6) is 0 Å². The second-order valence-electron chi connectivity index (χ2n) is 5.10. The predicted molar refractivity (Wildman–Crippen MR) is 69.9 cm³/mol. The molecule has 0 heterocycles. The molecule has 17 heavy (non-hydrogen) atoms. The van der Waals surface area contributed by atoms with Crippen molar-refractivity contribution >= 4 is 11.6 Å². The third-order valence-electron chi connectivity index (χ3n) is 3.39. The van der Waals surface area contributed by atoms with Crippen molar-refractivity contribution in [2.75, 3.05) is 5.32 Å². The normalized spacial score (nSPS) is 15.8. The average molecular weight is 232 g/mol. The first kappa shape index (κ1) is 12.1. The number of nitrogens with one attached hydrogen (secondary N) is 1. The molecule has 0 radical (unpaired) electrons. The Labute approximate surface area is 102 Å². The van der Waals surface area contributed by atoms with E-state index in [1.165, 1.54) is 17.5 Å². The third kappa shape index (κ3) is 2.67. The molecule has 1 atom stereocenters. The van der Waals surface area contributed by atoms with Crippen LogP contribution in [-0.4, -0.2) is 11.9 Å². The lowest BCUT2D eigenvalue weighted by atomic mass is 10.0. The number of amides is 1. The van der Waals surface area contributed by atoms with Crippen molar-refractivity contribution in [2.24, 2.45) is 11.7 Å². The van der Waals surface area contributed by atoms with Gasteiger partial charge in [-0.25, -0.2) is 0 Å². The van der Waals surface area contributed by atoms with Crippen LogP contribution in [-0.2, 0) is 17.6 Å². The molecule has 0 saturated heterocycles. The number of anilines is 1. The summed E-state index contributed by atoms with van der Waals surface area (Å²) in [6.45, 7) is 3.90. The molecule has 1 amide bonds. The molecule has 3 N–H and O–H groups in total. The van der Waals surface area contributed by atoms with Crippen molar-refractivity contribution < 1.29 is 4.79 Å². The van der Waals surface area contributed by atoms with Crippen LogP contribution in [0.25, 0.3) is 0 Å². The molecule has 1 aromatic carbocycles. The van der Waals surface area contributed by atoms with Gasteiger partial charge in [0.05, 0.1) is 6.04 Å². The van der Waals surface area contributed by atoms with Gasteiger partial charge >= 0.3 is 0 Å². The average Bonchev–Trinajstić information content (AvgIpc) is 2.74. The number of hydrogen-bond acceptors (Lipinski definition) is 2. The number of carbonyl (C=O) groups is 1. The molecule has 0 unspecified atom stereocenters. The Hall–Kier alpha value is -1.35. The van der Waals surface area contributed by atoms with Crippen LogP contribution in [0.4, 0.5) is 5.69 Å². The van der Waals surface area contributed by atoms with Crippen molar-refractivity contribution in [3.63, 3.8) is 0 Å². The Bertz CT molecular complexity index is 426. The van der Waals surface area contributed by atoms with E-state index >= 15 is 0 Å². The Morgan fingerprint density at radius 2 is 2.00 bits per heavy atom. The standard InChI is InChI=1S/C14H20N2O/c1-9(2)13(15)14(17)16-12-7-6-10-4-3-5-11(10)8-12/h6-9,13H,3-5,15H2,1-2H3,(H,16,17)/t13-/m1/s1. The van der Waals surface area contributed by atoms with E-state index in [-0.39, 0.29) is 11.8 Å². The number of benzene rings is 1. The van der Waals surface area contributed by atoms with E-state index in [2.05, 4.69) is 17.4 Å². The fourth-order valence-electron chi connectivity index (χ4n) is 2.18. The summed E-state index contributed by atoms with van der Waals surface area (Å²) in [7, 11) is 0. The lowest BCUT2D eigenvalue weighted by Crippen LogP contribution is -2.39. The number of fused-ring (bicyclic) bond motifs is 1. The number of hydrogen-bond donors (Lipinski definition) is 2. The van der Waals surface area contributed by atoms with Crippen molar-refractivity contribution in [1.82, 2.24) is 0 Å². The highest BCUT2D eigenvalue weighted by molar-refractivity contribution is 5.94. The van der Waals surface area contributed by atoms with Crippen molar-refractivity contribution in [2.45, 2.75) is 39.2 Å². The number of rotatable bonds is 3. The summed E-state index contributed by atoms with van der Waals surface area (Å²) in [5.74, 6) is 0.0578. The topological polar surface area (TPSA) is 55.1 Å². The van der Waals surface area contributed by atoms with Gasteiger partial charge in [0.2, 0.25) is 5.91 Å². The largest absolute Gasteiger partial charge is 0.325 e. The summed E-state index contributed by atoms with van der Waals surface area (Å²) >= 11 is 0. The minimum Gasteiger partial charge on any atom is -0.325 e. The molecule has 0 aliphatic heterocycles.